The fourth-order valence-electron chi connectivity index (χ4n) is 3.55. The number of amides is 1. The molecule has 1 N–H and O–H groups in total. The van der Waals surface area contributed by atoms with Gasteiger partial charge in [-0.1, -0.05) is 6.07 Å². The highest BCUT2D eigenvalue weighted by molar-refractivity contribution is 6.04. The first-order valence-electron chi connectivity index (χ1n) is 10.4. The van der Waals surface area contributed by atoms with E-state index in [1.54, 1.807) is 42.6 Å². The summed E-state index contributed by atoms with van der Waals surface area (Å²) >= 11 is 0. The lowest BCUT2D eigenvalue weighted by Gasteiger charge is -2.22. The molecule has 0 bridgehead atoms. The number of pyridine rings is 1. The van der Waals surface area contributed by atoms with Gasteiger partial charge in [0.25, 0.3) is 5.91 Å². The Morgan fingerprint density at radius 3 is 2.27 bits per heavy atom. The van der Waals surface area contributed by atoms with E-state index in [2.05, 4.69) is 15.2 Å². The average Bonchev–Trinajstić information content (AvgIpc) is 3.62. The van der Waals surface area contributed by atoms with Crippen LogP contribution in [0.1, 0.15) is 51.6 Å². The Bertz CT molecular complexity index is 1150. The molecule has 2 aromatic carbocycles. The van der Waals surface area contributed by atoms with Crippen molar-refractivity contribution in [3.8, 4) is 0 Å². The van der Waals surface area contributed by atoms with E-state index in [4.69, 9.17) is 0 Å². The van der Waals surface area contributed by atoms with E-state index in [-0.39, 0.29) is 24.1 Å². The van der Waals surface area contributed by atoms with Gasteiger partial charge in [0.1, 0.15) is 0 Å². The van der Waals surface area contributed by atoms with Gasteiger partial charge >= 0.3 is 0 Å². The Kier molecular flexibility index (Phi) is 7.89. The number of rotatable bonds is 8. The van der Waals surface area contributed by atoms with Crippen molar-refractivity contribution in [2.24, 2.45) is 0 Å². The van der Waals surface area contributed by atoms with Gasteiger partial charge in [0.05, 0.1) is 5.56 Å². The first-order chi connectivity index (χ1) is 15.4. The third-order valence-electron chi connectivity index (χ3n) is 5.42. The predicted molar refractivity (Wildman–Crippen MR) is 125 cm³/mol. The second-order valence-electron chi connectivity index (χ2n) is 8.05. The molecule has 172 valence electrons. The Balaban J connectivity index is 0.00000306. The second-order valence-corrected chi connectivity index (χ2v) is 8.05. The van der Waals surface area contributed by atoms with Crippen molar-refractivity contribution in [2.45, 2.75) is 38.9 Å². The molecule has 1 aromatic heterocycles. The van der Waals surface area contributed by atoms with Gasteiger partial charge in [-0.3, -0.25) is 19.5 Å². The Hall–Kier alpha value is -3.16. The lowest BCUT2D eigenvalue weighted by Crippen LogP contribution is -2.25. The molecule has 0 saturated heterocycles. The molecule has 1 saturated carbocycles. The molecule has 0 atom stereocenters. The minimum absolute atomic E-state index is 0. The fourth-order valence-corrected chi connectivity index (χ4v) is 3.55. The average molecular weight is 472 g/mol. The van der Waals surface area contributed by atoms with Crippen LogP contribution in [-0.4, -0.2) is 27.6 Å². The molecule has 3 aromatic rings. The minimum atomic E-state index is -0.856. The maximum atomic E-state index is 13.6. The van der Waals surface area contributed by atoms with Crippen LogP contribution in [0.25, 0.3) is 0 Å². The van der Waals surface area contributed by atoms with Crippen molar-refractivity contribution in [3.05, 3.63) is 94.8 Å². The van der Waals surface area contributed by atoms with E-state index < -0.39 is 11.6 Å². The highest BCUT2D eigenvalue weighted by Crippen LogP contribution is 2.30. The van der Waals surface area contributed by atoms with Gasteiger partial charge < -0.3 is 5.32 Å². The number of aromatic nitrogens is 1. The number of anilines is 1. The summed E-state index contributed by atoms with van der Waals surface area (Å²) in [7, 11) is 0. The van der Waals surface area contributed by atoms with Crippen LogP contribution in [0.15, 0.2) is 60.9 Å². The molecular formula is C25H24ClF2N3O2. The minimum Gasteiger partial charge on any atom is -0.322 e. The zero-order valence-corrected chi connectivity index (χ0v) is 18.9. The smallest absolute Gasteiger partial charge is 0.257 e. The normalized spacial score (nSPS) is 12.8. The first kappa shape index (κ1) is 24.5. The number of carbonyl (C=O) groups excluding carboxylic acids is 2. The summed E-state index contributed by atoms with van der Waals surface area (Å²) in [5, 5.41) is 2.81. The number of nitrogens with one attached hydrogen (secondary N) is 1. The van der Waals surface area contributed by atoms with E-state index in [0.29, 0.717) is 41.5 Å². The van der Waals surface area contributed by atoms with Crippen LogP contribution < -0.4 is 5.32 Å². The Morgan fingerprint density at radius 1 is 0.939 bits per heavy atom. The van der Waals surface area contributed by atoms with Gasteiger partial charge in [-0.25, -0.2) is 8.78 Å². The van der Waals surface area contributed by atoms with Gasteiger partial charge in [0.2, 0.25) is 0 Å². The molecule has 0 unspecified atom stereocenters. The Morgan fingerprint density at radius 2 is 1.64 bits per heavy atom. The van der Waals surface area contributed by atoms with E-state index in [1.165, 1.54) is 19.2 Å². The van der Waals surface area contributed by atoms with Gasteiger partial charge in [-0.2, -0.15) is 0 Å². The van der Waals surface area contributed by atoms with E-state index >= 15 is 0 Å². The summed E-state index contributed by atoms with van der Waals surface area (Å²) in [6.07, 6.45) is 5.31. The molecule has 0 spiro atoms. The van der Waals surface area contributed by atoms with Crippen molar-refractivity contribution < 1.29 is 18.4 Å². The highest BCUT2D eigenvalue weighted by Gasteiger charge is 2.29. The second kappa shape index (κ2) is 10.6. The lowest BCUT2D eigenvalue weighted by atomic mass is 10.1. The molecule has 0 aliphatic heterocycles. The van der Waals surface area contributed by atoms with E-state index in [9.17, 15) is 18.4 Å². The molecule has 1 fully saturated rings. The SMILES string of the molecule is CC(=O)c1ccc(NC(=O)c2cncc(CN(Cc3ccc(F)c(F)c3)C3CC3)c2)cc1.Cl. The van der Waals surface area contributed by atoms with Crippen molar-refractivity contribution in [1.29, 1.82) is 0 Å². The van der Waals surface area contributed by atoms with Crippen molar-refractivity contribution >= 4 is 29.8 Å². The fraction of sp³-hybridized carbons (Fsp3) is 0.240. The molecule has 8 heteroatoms. The third-order valence-corrected chi connectivity index (χ3v) is 5.42. The van der Waals surface area contributed by atoms with Gasteiger partial charge in [0.15, 0.2) is 17.4 Å². The summed E-state index contributed by atoms with van der Waals surface area (Å²) in [6.45, 7) is 2.52. The van der Waals surface area contributed by atoms with Crippen molar-refractivity contribution in [2.75, 3.05) is 5.32 Å². The summed E-state index contributed by atoms with van der Waals surface area (Å²) in [6, 6.07) is 12.8. The van der Waals surface area contributed by atoms with Crippen LogP contribution in [0, 0.1) is 11.6 Å². The largest absolute Gasteiger partial charge is 0.322 e. The summed E-state index contributed by atoms with van der Waals surface area (Å²) < 4.78 is 26.8. The summed E-state index contributed by atoms with van der Waals surface area (Å²) in [4.78, 5) is 30.5. The first-order valence-corrected chi connectivity index (χ1v) is 10.4. The van der Waals surface area contributed by atoms with Crippen LogP contribution in [-0.2, 0) is 13.1 Å². The maximum absolute atomic E-state index is 13.6. The molecular weight excluding hydrogens is 448 g/mol. The highest BCUT2D eigenvalue weighted by atomic mass is 35.5. The van der Waals surface area contributed by atoms with Crippen LogP contribution >= 0.6 is 12.4 Å². The molecule has 1 aliphatic rings. The number of carbonyl (C=O) groups is 2. The molecule has 5 nitrogen and oxygen atoms in total. The third kappa shape index (κ3) is 6.43. The molecule has 1 heterocycles. The predicted octanol–water partition coefficient (Wildman–Crippen LogP) is 5.40. The standard InChI is InChI=1S/C25H23F2N3O2.ClH/c1-16(31)19-3-5-21(6-4-19)29-25(32)20-10-18(12-28-13-20)15-30(22-7-8-22)14-17-2-9-23(26)24(27)11-17;/h2-6,9-13,22H,7-8,14-15H2,1H3,(H,29,32);1H. The zero-order valence-electron chi connectivity index (χ0n) is 18.1. The van der Waals surface area contributed by atoms with Crippen molar-refractivity contribution in [1.82, 2.24) is 9.88 Å². The number of halogens is 3. The number of nitrogens with zero attached hydrogens (tertiary/aromatic N) is 2. The van der Waals surface area contributed by atoms with Gasteiger partial charge in [-0.05, 0) is 73.4 Å². The number of ketones is 1. The number of benzene rings is 2. The van der Waals surface area contributed by atoms with Crippen LogP contribution in [0.5, 0.6) is 0 Å². The molecule has 0 radical (unpaired) electrons. The maximum Gasteiger partial charge on any atom is 0.257 e. The molecule has 33 heavy (non-hydrogen) atoms. The molecule has 4 rings (SSSR count). The van der Waals surface area contributed by atoms with Crippen molar-refractivity contribution in [3.63, 3.8) is 0 Å². The van der Waals surface area contributed by atoms with Gasteiger partial charge in [0, 0.05) is 42.8 Å². The van der Waals surface area contributed by atoms with Crippen LogP contribution in [0.3, 0.4) is 0 Å². The monoisotopic (exact) mass is 471 g/mol. The quantitative estimate of drug-likeness (QED) is 0.447. The van der Waals surface area contributed by atoms with E-state index in [0.717, 1.165) is 24.5 Å². The molecule has 1 aliphatic carbocycles. The van der Waals surface area contributed by atoms with Crippen LogP contribution in [0.2, 0.25) is 0 Å². The number of Topliss-reactive ketones (excluding diaryl/α,β-unsaturated/α-hetero) is 1. The lowest BCUT2D eigenvalue weighted by molar-refractivity contribution is 0.101. The zero-order chi connectivity index (χ0) is 22.7. The topological polar surface area (TPSA) is 62.3 Å². The number of hydrogen-bond donors (Lipinski definition) is 1. The summed E-state index contributed by atoms with van der Waals surface area (Å²) in [5.41, 5.74) is 3.14. The molecule has 1 amide bonds. The van der Waals surface area contributed by atoms with E-state index in [1.807, 2.05) is 0 Å². The van der Waals surface area contributed by atoms with Gasteiger partial charge in [-0.15, -0.1) is 12.4 Å². The Labute approximate surface area is 197 Å². The van der Waals surface area contributed by atoms with Crippen LogP contribution in [0.4, 0.5) is 14.5 Å². The number of hydrogen-bond acceptors (Lipinski definition) is 4. The summed E-state index contributed by atoms with van der Waals surface area (Å²) in [5.74, 6) is -2.04.